The molecule has 31 heavy (non-hydrogen) atoms. The van der Waals surface area contributed by atoms with E-state index in [0.717, 1.165) is 12.8 Å². The summed E-state index contributed by atoms with van der Waals surface area (Å²) in [5, 5.41) is 2.82. The second-order valence-electron chi connectivity index (χ2n) is 7.49. The molecular formula is C22H29N3O6. The van der Waals surface area contributed by atoms with E-state index in [1.807, 2.05) is 0 Å². The Morgan fingerprint density at radius 3 is 2.55 bits per heavy atom. The van der Waals surface area contributed by atoms with Crippen molar-refractivity contribution in [2.24, 2.45) is 5.92 Å². The summed E-state index contributed by atoms with van der Waals surface area (Å²) in [4.78, 5) is 42.4. The molecule has 1 aliphatic rings. The SMILES string of the molecule is C=C(/C=C(\C)c1ccc(C(=O)NCC2CC2)nc1C(=O)OC(C)OC(=O)N(C)C)OC. The fourth-order valence-corrected chi connectivity index (χ4v) is 2.57. The number of ether oxygens (including phenoxy) is 3. The standard InChI is InChI=1S/C22H29N3O6/c1-13(11-14(2)29-6)17-9-10-18(20(26)23-12-16-7-8-16)24-19(17)21(27)30-15(3)31-22(28)25(4)5/h9-11,15-16H,2,7-8,12H2,1,3-6H3,(H,23,26)/b13-11+. The van der Waals surface area contributed by atoms with Gasteiger partial charge in [-0.3, -0.25) is 4.79 Å². The van der Waals surface area contributed by atoms with Crippen LogP contribution >= 0.6 is 0 Å². The van der Waals surface area contributed by atoms with Crippen LogP contribution in [0, 0.1) is 5.92 Å². The second kappa shape index (κ2) is 10.6. The van der Waals surface area contributed by atoms with Crippen LogP contribution in [0.4, 0.5) is 4.79 Å². The first-order chi connectivity index (χ1) is 14.6. The van der Waals surface area contributed by atoms with Gasteiger partial charge in [0.2, 0.25) is 6.29 Å². The van der Waals surface area contributed by atoms with Crippen LogP contribution in [0.1, 0.15) is 53.2 Å². The van der Waals surface area contributed by atoms with E-state index in [4.69, 9.17) is 14.2 Å². The number of pyridine rings is 1. The van der Waals surface area contributed by atoms with E-state index in [1.165, 1.54) is 39.1 Å². The third-order valence-electron chi connectivity index (χ3n) is 4.54. The Morgan fingerprint density at radius 1 is 1.29 bits per heavy atom. The topological polar surface area (TPSA) is 107 Å². The lowest BCUT2D eigenvalue weighted by Crippen LogP contribution is -2.30. The van der Waals surface area contributed by atoms with Gasteiger partial charge in [0.1, 0.15) is 11.5 Å². The van der Waals surface area contributed by atoms with Crippen LogP contribution in [0.3, 0.4) is 0 Å². The van der Waals surface area contributed by atoms with Crippen LogP contribution in [0.2, 0.25) is 0 Å². The number of amides is 2. The molecule has 168 valence electrons. The highest BCUT2D eigenvalue weighted by Gasteiger charge is 2.25. The van der Waals surface area contributed by atoms with Gasteiger partial charge in [0.25, 0.3) is 5.91 Å². The zero-order valence-corrected chi connectivity index (χ0v) is 18.6. The van der Waals surface area contributed by atoms with Crippen LogP contribution < -0.4 is 5.32 Å². The molecule has 9 nitrogen and oxygen atoms in total. The first kappa shape index (κ1) is 23.9. The Morgan fingerprint density at radius 2 is 1.97 bits per heavy atom. The van der Waals surface area contributed by atoms with Gasteiger partial charge < -0.3 is 24.4 Å². The van der Waals surface area contributed by atoms with Crippen molar-refractivity contribution in [2.45, 2.75) is 33.0 Å². The number of hydrogen-bond donors (Lipinski definition) is 1. The average Bonchev–Trinajstić information content (AvgIpc) is 3.55. The Kier molecular flexibility index (Phi) is 8.18. The van der Waals surface area contributed by atoms with Crippen molar-refractivity contribution in [3.05, 3.63) is 47.5 Å². The smallest absolute Gasteiger partial charge is 0.412 e. The molecular weight excluding hydrogens is 402 g/mol. The number of allylic oxidation sites excluding steroid dienone is 2. The molecule has 1 aliphatic carbocycles. The number of esters is 1. The molecule has 0 radical (unpaired) electrons. The molecule has 1 aromatic heterocycles. The first-order valence-electron chi connectivity index (χ1n) is 9.92. The van der Waals surface area contributed by atoms with Crippen LogP contribution in [-0.2, 0) is 14.2 Å². The maximum absolute atomic E-state index is 12.8. The van der Waals surface area contributed by atoms with Crippen molar-refractivity contribution in [3.8, 4) is 0 Å². The van der Waals surface area contributed by atoms with Gasteiger partial charge >= 0.3 is 12.1 Å². The first-order valence-corrected chi connectivity index (χ1v) is 9.92. The minimum Gasteiger partial charge on any atom is -0.497 e. The van der Waals surface area contributed by atoms with Gasteiger partial charge in [-0.15, -0.1) is 0 Å². The van der Waals surface area contributed by atoms with Crippen LogP contribution in [0.15, 0.2) is 30.5 Å². The largest absolute Gasteiger partial charge is 0.497 e. The summed E-state index contributed by atoms with van der Waals surface area (Å²) in [5.41, 5.74) is 1.08. The van der Waals surface area contributed by atoms with E-state index in [2.05, 4.69) is 16.9 Å². The molecule has 2 rings (SSSR count). The number of rotatable bonds is 9. The zero-order chi connectivity index (χ0) is 23.1. The van der Waals surface area contributed by atoms with Gasteiger partial charge in [-0.05, 0) is 49.5 Å². The number of hydrogen-bond acceptors (Lipinski definition) is 7. The van der Waals surface area contributed by atoms with E-state index in [1.54, 1.807) is 19.1 Å². The summed E-state index contributed by atoms with van der Waals surface area (Å²) in [6, 6.07) is 3.15. The maximum atomic E-state index is 12.8. The van der Waals surface area contributed by atoms with Crippen LogP contribution in [0.5, 0.6) is 0 Å². The Bertz CT molecular complexity index is 889. The fraction of sp³-hybridized carbons (Fsp3) is 0.455. The molecule has 1 saturated carbocycles. The molecule has 9 heteroatoms. The molecule has 1 aromatic rings. The third-order valence-corrected chi connectivity index (χ3v) is 4.54. The van der Waals surface area contributed by atoms with Gasteiger partial charge in [-0.25, -0.2) is 14.6 Å². The molecule has 0 saturated heterocycles. The van der Waals surface area contributed by atoms with Gasteiger partial charge in [0.15, 0.2) is 5.69 Å². The summed E-state index contributed by atoms with van der Waals surface area (Å²) in [7, 11) is 4.50. The van der Waals surface area contributed by atoms with E-state index >= 15 is 0 Å². The maximum Gasteiger partial charge on any atom is 0.412 e. The Labute approximate surface area is 182 Å². The van der Waals surface area contributed by atoms with Crippen LogP contribution in [-0.4, -0.2) is 61.9 Å². The molecule has 2 amide bonds. The molecule has 1 unspecified atom stereocenters. The van der Waals surface area contributed by atoms with Crippen molar-refractivity contribution < 1.29 is 28.6 Å². The van der Waals surface area contributed by atoms with Gasteiger partial charge in [-0.2, -0.15) is 0 Å². The summed E-state index contributed by atoms with van der Waals surface area (Å²) < 4.78 is 15.3. The lowest BCUT2D eigenvalue weighted by atomic mass is 10.0. The molecule has 0 spiro atoms. The summed E-state index contributed by atoms with van der Waals surface area (Å²) >= 11 is 0. The quantitative estimate of drug-likeness (QED) is 0.277. The molecule has 0 aromatic carbocycles. The molecule has 1 heterocycles. The number of nitrogens with one attached hydrogen (secondary N) is 1. The molecule has 1 N–H and O–H groups in total. The summed E-state index contributed by atoms with van der Waals surface area (Å²) in [6.45, 7) is 7.48. The highest BCUT2D eigenvalue weighted by Crippen LogP contribution is 2.27. The molecule has 0 bridgehead atoms. The van der Waals surface area contributed by atoms with Gasteiger partial charge in [-0.1, -0.05) is 6.58 Å². The van der Waals surface area contributed by atoms with E-state index in [-0.39, 0.29) is 17.3 Å². The normalized spacial score (nSPS) is 14.3. The Hall–Kier alpha value is -3.36. The average molecular weight is 431 g/mol. The minimum absolute atomic E-state index is 0.0792. The zero-order valence-electron chi connectivity index (χ0n) is 18.6. The van der Waals surface area contributed by atoms with Gasteiger partial charge in [0.05, 0.1) is 7.11 Å². The summed E-state index contributed by atoms with van der Waals surface area (Å²) in [5.74, 6) is -0.314. The lowest BCUT2D eigenvalue weighted by molar-refractivity contribution is -0.0669. The number of aromatic nitrogens is 1. The van der Waals surface area contributed by atoms with E-state index in [9.17, 15) is 14.4 Å². The second-order valence-corrected chi connectivity index (χ2v) is 7.49. The minimum atomic E-state index is -1.15. The molecule has 1 fully saturated rings. The van der Waals surface area contributed by atoms with Crippen molar-refractivity contribution in [2.75, 3.05) is 27.7 Å². The number of carbonyl (C=O) groups is 3. The predicted octanol–water partition coefficient (Wildman–Crippen LogP) is 2.99. The van der Waals surface area contributed by atoms with Crippen molar-refractivity contribution in [1.29, 1.82) is 0 Å². The van der Waals surface area contributed by atoms with E-state index in [0.29, 0.717) is 29.4 Å². The monoisotopic (exact) mass is 431 g/mol. The van der Waals surface area contributed by atoms with Crippen molar-refractivity contribution >= 4 is 23.5 Å². The lowest BCUT2D eigenvalue weighted by Gasteiger charge is -2.18. The van der Waals surface area contributed by atoms with Crippen molar-refractivity contribution in [3.63, 3.8) is 0 Å². The molecule has 0 aliphatic heterocycles. The van der Waals surface area contributed by atoms with Crippen LogP contribution in [0.25, 0.3) is 5.57 Å². The highest BCUT2D eigenvalue weighted by molar-refractivity contribution is 5.97. The number of methoxy groups -OCH3 is 1. The third kappa shape index (κ3) is 7.13. The fourth-order valence-electron chi connectivity index (χ4n) is 2.57. The van der Waals surface area contributed by atoms with E-state index < -0.39 is 18.4 Å². The summed E-state index contributed by atoms with van der Waals surface area (Å²) in [6.07, 6.45) is 2.02. The van der Waals surface area contributed by atoms with Gasteiger partial charge in [0, 0.05) is 33.1 Å². The Balaban J connectivity index is 2.29. The number of nitrogens with zero attached hydrogens (tertiary/aromatic N) is 2. The molecule has 1 atom stereocenters. The number of carbonyl (C=O) groups excluding carboxylic acids is 3. The highest BCUT2D eigenvalue weighted by atomic mass is 16.7. The predicted molar refractivity (Wildman–Crippen MR) is 114 cm³/mol. The van der Waals surface area contributed by atoms with Crippen molar-refractivity contribution in [1.82, 2.24) is 15.2 Å².